The molecule has 4 rings (SSSR count). The predicted octanol–water partition coefficient (Wildman–Crippen LogP) is 4.15. The maximum atomic E-state index is 13.1. The van der Waals surface area contributed by atoms with E-state index in [0.717, 1.165) is 18.0 Å². The molecule has 0 radical (unpaired) electrons. The Bertz CT molecular complexity index is 956. The van der Waals surface area contributed by atoms with Gasteiger partial charge in [-0.2, -0.15) is 0 Å². The molecule has 32 heavy (non-hydrogen) atoms. The van der Waals surface area contributed by atoms with Crippen molar-refractivity contribution in [3.8, 4) is 0 Å². The molecular formula is C24H31N3O4S. The number of thiazole rings is 1. The second kappa shape index (κ2) is 9.29. The van der Waals surface area contributed by atoms with Gasteiger partial charge in [-0.3, -0.25) is 14.6 Å². The molecule has 172 valence electrons. The number of rotatable bonds is 5. The summed E-state index contributed by atoms with van der Waals surface area (Å²) >= 11 is 1.42. The molecule has 3 heterocycles. The van der Waals surface area contributed by atoms with E-state index in [4.69, 9.17) is 9.47 Å². The van der Waals surface area contributed by atoms with E-state index in [1.165, 1.54) is 11.3 Å². The second-order valence-corrected chi connectivity index (χ2v) is 10.2. The Morgan fingerprint density at radius 1 is 1.16 bits per heavy atom. The van der Waals surface area contributed by atoms with Gasteiger partial charge in [0.2, 0.25) is 5.78 Å². The van der Waals surface area contributed by atoms with E-state index >= 15 is 0 Å². The van der Waals surface area contributed by atoms with Crippen molar-refractivity contribution in [1.82, 2.24) is 14.8 Å². The Balaban J connectivity index is 1.58. The van der Waals surface area contributed by atoms with Gasteiger partial charge in [0.15, 0.2) is 0 Å². The highest BCUT2D eigenvalue weighted by Crippen LogP contribution is 2.36. The molecule has 0 bridgehead atoms. The number of carbonyl (C=O) groups excluding carboxylic acids is 2. The quantitative estimate of drug-likeness (QED) is 0.629. The van der Waals surface area contributed by atoms with Gasteiger partial charge in [0.1, 0.15) is 16.3 Å². The summed E-state index contributed by atoms with van der Waals surface area (Å²) in [5, 5.41) is 2.55. The predicted molar refractivity (Wildman–Crippen MR) is 123 cm³/mol. The number of ketones is 1. The van der Waals surface area contributed by atoms with Crippen LogP contribution in [-0.2, 0) is 9.47 Å². The summed E-state index contributed by atoms with van der Waals surface area (Å²) in [4.78, 5) is 34.8. The monoisotopic (exact) mass is 457 g/mol. The minimum absolute atomic E-state index is 0.108. The highest BCUT2D eigenvalue weighted by atomic mass is 32.1. The molecule has 1 amide bonds. The van der Waals surface area contributed by atoms with Crippen molar-refractivity contribution in [1.29, 1.82) is 0 Å². The van der Waals surface area contributed by atoms with Crippen LogP contribution in [0.2, 0.25) is 0 Å². The third-order valence-corrected chi connectivity index (χ3v) is 6.73. The molecule has 2 aromatic rings. The van der Waals surface area contributed by atoms with Gasteiger partial charge in [-0.1, -0.05) is 30.3 Å². The zero-order valence-corrected chi connectivity index (χ0v) is 19.9. The molecule has 2 fully saturated rings. The lowest BCUT2D eigenvalue weighted by atomic mass is 10.1. The topological polar surface area (TPSA) is 72.0 Å². The number of piperazine rings is 1. The highest BCUT2D eigenvalue weighted by molar-refractivity contribution is 7.10. The average molecular weight is 458 g/mol. The molecule has 0 unspecified atom stereocenters. The van der Waals surface area contributed by atoms with Crippen LogP contribution in [0.15, 0.2) is 35.7 Å². The normalized spacial score (nSPS) is 23.8. The van der Waals surface area contributed by atoms with E-state index < -0.39 is 5.60 Å². The Hall–Kier alpha value is -2.29. The lowest BCUT2D eigenvalue weighted by Gasteiger charge is -2.42. The van der Waals surface area contributed by atoms with Crippen molar-refractivity contribution in [2.45, 2.75) is 57.9 Å². The van der Waals surface area contributed by atoms with E-state index in [2.05, 4.69) is 9.88 Å². The number of nitrogens with zero attached hydrogens (tertiary/aromatic N) is 3. The molecular weight excluding hydrogens is 426 g/mol. The number of fused-ring (bicyclic) bond motifs is 1. The fraction of sp³-hybridized carbons (Fsp3) is 0.542. The molecule has 0 spiro atoms. The van der Waals surface area contributed by atoms with Crippen LogP contribution in [0.4, 0.5) is 4.79 Å². The molecule has 1 aromatic heterocycles. The van der Waals surface area contributed by atoms with Crippen LogP contribution >= 0.6 is 11.3 Å². The summed E-state index contributed by atoms with van der Waals surface area (Å²) in [6.45, 7) is 10.4. The van der Waals surface area contributed by atoms with Crippen LogP contribution in [0.3, 0.4) is 0 Å². The first-order valence-electron chi connectivity index (χ1n) is 11.2. The first-order valence-corrected chi connectivity index (χ1v) is 12.0. The summed E-state index contributed by atoms with van der Waals surface area (Å²) in [7, 11) is 0. The molecule has 3 atom stereocenters. The van der Waals surface area contributed by atoms with E-state index in [1.807, 2.05) is 45.9 Å². The Morgan fingerprint density at radius 3 is 2.59 bits per heavy atom. The lowest BCUT2D eigenvalue weighted by Crippen LogP contribution is -2.54. The third-order valence-electron chi connectivity index (χ3n) is 5.79. The van der Waals surface area contributed by atoms with Crippen molar-refractivity contribution in [2.24, 2.45) is 0 Å². The smallest absolute Gasteiger partial charge is 0.410 e. The number of hydrogen-bond acceptors (Lipinski definition) is 7. The molecule has 2 aliphatic rings. The van der Waals surface area contributed by atoms with Crippen LogP contribution in [0.5, 0.6) is 0 Å². The molecule has 2 saturated heterocycles. The zero-order valence-electron chi connectivity index (χ0n) is 19.1. The fourth-order valence-electron chi connectivity index (χ4n) is 4.40. The molecule has 8 heteroatoms. The molecule has 7 nitrogen and oxygen atoms in total. The van der Waals surface area contributed by atoms with Crippen molar-refractivity contribution >= 4 is 23.2 Å². The molecule has 0 saturated carbocycles. The lowest BCUT2D eigenvalue weighted by molar-refractivity contribution is -0.00960. The number of benzene rings is 1. The summed E-state index contributed by atoms with van der Waals surface area (Å²) in [5.74, 6) is -0.108. The first-order chi connectivity index (χ1) is 15.2. The number of hydrogen-bond donors (Lipinski definition) is 0. The van der Waals surface area contributed by atoms with Crippen molar-refractivity contribution in [3.05, 3.63) is 52.0 Å². The fourth-order valence-corrected chi connectivity index (χ4v) is 5.30. The molecule has 0 aliphatic carbocycles. The van der Waals surface area contributed by atoms with Crippen LogP contribution in [0, 0.1) is 0 Å². The maximum Gasteiger partial charge on any atom is 0.410 e. The van der Waals surface area contributed by atoms with Gasteiger partial charge in [-0.15, -0.1) is 11.3 Å². The van der Waals surface area contributed by atoms with Gasteiger partial charge < -0.3 is 9.47 Å². The Labute approximate surface area is 193 Å². The minimum atomic E-state index is -0.584. The van der Waals surface area contributed by atoms with Crippen LogP contribution < -0.4 is 0 Å². The number of amides is 1. The first kappa shape index (κ1) is 22.9. The maximum absolute atomic E-state index is 13.1. The van der Waals surface area contributed by atoms with Crippen LogP contribution in [0.25, 0.3) is 0 Å². The van der Waals surface area contributed by atoms with E-state index in [1.54, 1.807) is 22.4 Å². The van der Waals surface area contributed by atoms with Gasteiger partial charge in [0.05, 0.1) is 12.1 Å². The SMILES string of the molecule is CCO[C@@H]1C[C@@H]2CN(C(=O)OC(C)(C)C)[C@H](c3nc(C(=O)c4ccccc4)cs3)CN2C1. The number of ether oxygens (including phenoxy) is 2. The van der Waals surface area contributed by atoms with Gasteiger partial charge in [0, 0.05) is 43.2 Å². The Kier molecular flexibility index (Phi) is 6.65. The van der Waals surface area contributed by atoms with Gasteiger partial charge in [-0.25, -0.2) is 9.78 Å². The van der Waals surface area contributed by atoms with Gasteiger partial charge >= 0.3 is 6.09 Å². The minimum Gasteiger partial charge on any atom is -0.444 e. The van der Waals surface area contributed by atoms with Crippen molar-refractivity contribution < 1.29 is 19.1 Å². The number of carbonyl (C=O) groups is 2. The average Bonchev–Trinajstić information content (AvgIpc) is 3.38. The molecule has 0 N–H and O–H groups in total. The van der Waals surface area contributed by atoms with E-state index in [9.17, 15) is 9.59 Å². The van der Waals surface area contributed by atoms with Crippen LogP contribution in [-0.4, -0.2) is 70.6 Å². The largest absolute Gasteiger partial charge is 0.444 e. The van der Waals surface area contributed by atoms with Crippen LogP contribution in [0.1, 0.15) is 61.2 Å². The standard InChI is InChI=1S/C24H31N3O4S/c1-5-30-18-11-17-12-27(23(29)31-24(2,3)4)20(14-26(17)13-18)22-25-19(15-32-22)21(28)16-9-7-6-8-10-16/h6-10,15,17-18,20H,5,11-14H2,1-4H3/t17-,18-,20+/m1/s1. The summed E-state index contributed by atoms with van der Waals surface area (Å²) in [6.07, 6.45) is 0.735. The second-order valence-electron chi connectivity index (χ2n) is 9.34. The Morgan fingerprint density at radius 2 is 1.91 bits per heavy atom. The molecule has 1 aromatic carbocycles. The van der Waals surface area contributed by atoms with Crippen molar-refractivity contribution in [2.75, 3.05) is 26.2 Å². The summed E-state index contributed by atoms with van der Waals surface area (Å²) in [6, 6.07) is 9.12. The zero-order chi connectivity index (χ0) is 22.9. The van der Waals surface area contributed by atoms with Gasteiger partial charge in [0.25, 0.3) is 0 Å². The van der Waals surface area contributed by atoms with Crippen molar-refractivity contribution in [3.63, 3.8) is 0 Å². The van der Waals surface area contributed by atoms with Gasteiger partial charge in [-0.05, 0) is 34.1 Å². The number of aromatic nitrogens is 1. The third kappa shape index (κ3) is 5.03. The van der Waals surface area contributed by atoms with E-state index in [0.29, 0.717) is 31.0 Å². The highest BCUT2D eigenvalue weighted by Gasteiger charge is 2.44. The molecule has 2 aliphatic heterocycles. The van der Waals surface area contributed by atoms with E-state index in [-0.39, 0.29) is 30.1 Å². The summed E-state index contributed by atoms with van der Waals surface area (Å²) < 4.78 is 11.6. The summed E-state index contributed by atoms with van der Waals surface area (Å²) in [5.41, 5.74) is 0.437.